The van der Waals surface area contributed by atoms with E-state index in [2.05, 4.69) is 5.32 Å². The fraction of sp³-hybridized carbons (Fsp3) is 0.333. The van der Waals surface area contributed by atoms with Gasteiger partial charge in [0.2, 0.25) is 11.8 Å². The molecule has 0 bridgehead atoms. The molecule has 0 aliphatic rings. The minimum atomic E-state index is -4.88. The molecule has 0 spiro atoms. The summed E-state index contributed by atoms with van der Waals surface area (Å²) in [5.41, 5.74) is 0.770. The highest BCUT2D eigenvalue weighted by atomic mass is 35.5. The molecule has 12 heteroatoms. The lowest BCUT2D eigenvalue weighted by Crippen LogP contribution is -2.51. The van der Waals surface area contributed by atoms with Gasteiger partial charge in [-0.1, -0.05) is 66.0 Å². The number of carbonyl (C=O) groups excluding carboxylic acids is 2. The molecule has 1 N–H and O–H groups in total. The summed E-state index contributed by atoms with van der Waals surface area (Å²) >= 11 is 5.80. The van der Waals surface area contributed by atoms with Crippen molar-refractivity contribution in [3.05, 3.63) is 94.0 Å². The number of nitrogens with one attached hydrogen (secondary N) is 1. The molecular formula is C30H33ClF3N3O4S. The Morgan fingerprint density at radius 2 is 1.52 bits per heavy atom. The predicted octanol–water partition coefficient (Wildman–Crippen LogP) is 6.11. The number of sulfonamides is 1. The highest BCUT2D eigenvalue weighted by Gasteiger charge is 2.37. The summed E-state index contributed by atoms with van der Waals surface area (Å²) in [7, 11) is -4.54. The molecule has 0 saturated carbocycles. The number of hydrogen-bond acceptors (Lipinski definition) is 4. The Morgan fingerprint density at radius 3 is 2.07 bits per heavy atom. The molecule has 3 rings (SSSR count). The number of alkyl halides is 3. The van der Waals surface area contributed by atoms with Crippen molar-refractivity contribution in [2.45, 2.75) is 57.8 Å². The third-order valence-electron chi connectivity index (χ3n) is 6.62. The van der Waals surface area contributed by atoms with Gasteiger partial charge in [-0.25, -0.2) is 8.42 Å². The van der Waals surface area contributed by atoms with E-state index >= 15 is 0 Å². The number of amides is 2. The molecule has 2 amide bonds. The molecule has 0 aliphatic heterocycles. The Morgan fingerprint density at radius 1 is 0.952 bits per heavy atom. The zero-order chi connectivity index (χ0) is 31.2. The first-order chi connectivity index (χ1) is 19.6. The smallest absolute Gasteiger partial charge is 0.354 e. The van der Waals surface area contributed by atoms with E-state index in [1.807, 2.05) is 26.0 Å². The van der Waals surface area contributed by atoms with Crippen LogP contribution >= 0.6 is 11.6 Å². The van der Waals surface area contributed by atoms with E-state index < -0.39 is 56.9 Å². The molecule has 42 heavy (non-hydrogen) atoms. The van der Waals surface area contributed by atoms with Crippen LogP contribution in [0, 0.1) is 13.8 Å². The Labute approximate surface area is 249 Å². The molecule has 226 valence electrons. The normalized spacial score (nSPS) is 12.5. The van der Waals surface area contributed by atoms with Crippen molar-refractivity contribution in [1.29, 1.82) is 0 Å². The average molecular weight is 624 g/mol. The molecule has 0 heterocycles. The van der Waals surface area contributed by atoms with E-state index in [1.165, 1.54) is 24.0 Å². The van der Waals surface area contributed by atoms with Crippen molar-refractivity contribution in [1.82, 2.24) is 10.2 Å². The highest BCUT2D eigenvalue weighted by Crippen LogP contribution is 2.38. The number of benzene rings is 3. The van der Waals surface area contributed by atoms with Crippen LogP contribution in [0.1, 0.15) is 42.5 Å². The van der Waals surface area contributed by atoms with Crippen LogP contribution < -0.4 is 9.62 Å². The minimum absolute atomic E-state index is 0.0351. The van der Waals surface area contributed by atoms with E-state index in [-0.39, 0.29) is 11.4 Å². The number of anilines is 1. The molecule has 0 radical (unpaired) electrons. The maximum Gasteiger partial charge on any atom is 0.417 e. The zero-order valence-electron chi connectivity index (χ0n) is 23.7. The number of halogens is 4. The van der Waals surface area contributed by atoms with Crippen molar-refractivity contribution in [2.75, 3.05) is 17.4 Å². The lowest BCUT2D eigenvalue weighted by atomic mass is 10.1. The van der Waals surface area contributed by atoms with Gasteiger partial charge in [-0.2, -0.15) is 13.2 Å². The number of hydrogen-bond donors (Lipinski definition) is 1. The predicted molar refractivity (Wildman–Crippen MR) is 157 cm³/mol. The van der Waals surface area contributed by atoms with Gasteiger partial charge in [-0.05, 0) is 63.1 Å². The Kier molecular flexibility index (Phi) is 10.7. The third-order valence-corrected chi connectivity index (χ3v) is 8.74. The quantitative estimate of drug-likeness (QED) is 0.279. The third kappa shape index (κ3) is 8.04. The number of rotatable bonds is 11. The van der Waals surface area contributed by atoms with Crippen molar-refractivity contribution in [2.24, 2.45) is 0 Å². The standard InChI is InChI=1S/C30H33ClF3N3O4S/c1-5-16-35-29(39)22(4)36(18-23-10-6-20(2)7-11-23)28(38)19-37(42(40,41)25-13-8-21(3)9-14-25)24-12-15-27(31)26(17-24)30(32,33)34/h6-15,17,22H,5,16,18-19H2,1-4H3,(H,35,39)/t22-/m1/s1. The van der Waals surface area contributed by atoms with Gasteiger partial charge in [0.15, 0.2) is 0 Å². The highest BCUT2D eigenvalue weighted by molar-refractivity contribution is 7.92. The summed E-state index contributed by atoms with van der Waals surface area (Å²) in [6.45, 7) is 6.49. The largest absolute Gasteiger partial charge is 0.417 e. The van der Waals surface area contributed by atoms with Crippen LogP contribution in [0.4, 0.5) is 18.9 Å². The van der Waals surface area contributed by atoms with Gasteiger partial charge in [0.05, 0.1) is 21.2 Å². The van der Waals surface area contributed by atoms with Crippen LogP contribution in [0.15, 0.2) is 71.6 Å². The second kappa shape index (κ2) is 13.6. The van der Waals surface area contributed by atoms with E-state index in [9.17, 15) is 31.2 Å². The summed E-state index contributed by atoms with van der Waals surface area (Å²) < 4.78 is 69.5. The number of carbonyl (C=O) groups is 2. The van der Waals surface area contributed by atoms with E-state index in [1.54, 1.807) is 31.2 Å². The van der Waals surface area contributed by atoms with Crippen molar-refractivity contribution < 1.29 is 31.2 Å². The second-order valence-corrected chi connectivity index (χ2v) is 12.2. The maximum atomic E-state index is 13.9. The van der Waals surface area contributed by atoms with Gasteiger partial charge in [0.25, 0.3) is 10.0 Å². The van der Waals surface area contributed by atoms with E-state index in [0.717, 1.165) is 23.3 Å². The van der Waals surface area contributed by atoms with Crippen LogP contribution in [-0.4, -0.2) is 44.3 Å². The van der Waals surface area contributed by atoms with Crippen LogP contribution in [0.25, 0.3) is 0 Å². The Balaban J connectivity index is 2.11. The van der Waals surface area contributed by atoms with Crippen molar-refractivity contribution in [3.8, 4) is 0 Å². The lowest BCUT2D eigenvalue weighted by Gasteiger charge is -2.32. The molecule has 0 saturated heterocycles. The van der Waals surface area contributed by atoms with Crippen LogP contribution in [0.2, 0.25) is 5.02 Å². The molecule has 0 aliphatic carbocycles. The fourth-order valence-electron chi connectivity index (χ4n) is 4.12. The molecule has 0 fully saturated rings. The zero-order valence-corrected chi connectivity index (χ0v) is 25.3. The molecule has 0 aromatic heterocycles. The van der Waals surface area contributed by atoms with Gasteiger partial charge in [-0.15, -0.1) is 0 Å². The maximum absolute atomic E-state index is 13.9. The lowest BCUT2D eigenvalue weighted by molar-refractivity contribution is -0.139. The average Bonchev–Trinajstić information content (AvgIpc) is 2.93. The van der Waals surface area contributed by atoms with Crippen molar-refractivity contribution in [3.63, 3.8) is 0 Å². The first-order valence-electron chi connectivity index (χ1n) is 13.2. The summed E-state index contributed by atoms with van der Waals surface area (Å²) in [4.78, 5) is 27.8. The summed E-state index contributed by atoms with van der Waals surface area (Å²) in [6, 6.07) is 14.6. The van der Waals surface area contributed by atoms with Gasteiger partial charge in [0.1, 0.15) is 12.6 Å². The summed E-state index contributed by atoms with van der Waals surface area (Å²) in [5.74, 6) is -1.23. The fourth-order valence-corrected chi connectivity index (χ4v) is 5.75. The summed E-state index contributed by atoms with van der Waals surface area (Å²) in [6.07, 6.45) is -4.22. The van der Waals surface area contributed by atoms with E-state index in [4.69, 9.17) is 11.6 Å². The molecule has 1 atom stereocenters. The molecule has 3 aromatic carbocycles. The Bertz CT molecular complexity index is 1510. The second-order valence-electron chi connectivity index (χ2n) is 9.96. The van der Waals surface area contributed by atoms with Crippen LogP contribution in [-0.2, 0) is 32.3 Å². The Hall–Kier alpha value is -3.57. The first-order valence-corrected chi connectivity index (χ1v) is 15.1. The molecule has 3 aromatic rings. The SMILES string of the molecule is CCCNC(=O)[C@@H](C)N(Cc1ccc(C)cc1)C(=O)CN(c1ccc(Cl)c(C(F)(F)F)c1)S(=O)(=O)c1ccc(C)cc1. The van der Waals surface area contributed by atoms with Crippen LogP contribution in [0.5, 0.6) is 0 Å². The van der Waals surface area contributed by atoms with Gasteiger partial charge >= 0.3 is 6.18 Å². The monoisotopic (exact) mass is 623 g/mol. The van der Waals surface area contributed by atoms with Crippen LogP contribution in [0.3, 0.4) is 0 Å². The molecule has 7 nitrogen and oxygen atoms in total. The number of aryl methyl sites for hydroxylation is 2. The van der Waals surface area contributed by atoms with Gasteiger partial charge in [0, 0.05) is 13.1 Å². The van der Waals surface area contributed by atoms with Gasteiger partial charge < -0.3 is 10.2 Å². The van der Waals surface area contributed by atoms with Crippen molar-refractivity contribution >= 4 is 39.1 Å². The minimum Gasteiger partial charge on any atom is -0.354 e. The first kappa shape index (κ1) is 32.9. The molecule has 0 unspecified atom stereocenters. The van der Waals surface area contributed by atoms with E-state index in [0.29, 0.717) is 28.9 Å². The topological polar surface area (TPSA) is 86.8 Å². The molecular weight excluding hydrogens is 591 g/mol. The van der Waals surface area contributed by atoms with Gasteiger partial charge in [-0.3, -0.25) is 13.9 Å². The number of nitrogens with zero attached hydrogens (tertiary/aromatic N) is 2. The summed E-state index contributed by atoms with van der Waals surface area (Å²) in [5, 5.41) is 2.12.